The first-order chi connectivity index (χ1) is 7.63. The van der Waals surface area contributed by atoms with E-state index in [2.05, 4.69) is 5.32 Å². The average Bonchev–Trinajstić information content (AvgIpc) is 2.69. The van der Waals surface area contributed by atoms with Gasteiger partial charge in [-0.05, 0) is 28.8 Å². The topological polar surface area (TPSA) is 55.1 Å². The zero-order valence-electron chi connectivity index (χ0n) is 9.23. The first kappa shape index (κ1) is 13.1. The van der Waals surface area contributed by atoms with Gasteiger partial charge in [0.15, 0.2) is 0 Å². The second kappa shape index (κ2) is 6.60. The molecule has 88 valence electrons. The first-order valence-electron chi connectivity index (χ1n) is 5.23. The molecule has 0 saturated carbocycles. The number of hydrogen-bond donors (Lipinski definition) is 2. The molecule has 3 N–H and O–H groups in total. The van der Waals surface area contributed by atoms with Crippen molar-refractivity contribution < 1.29 is 4.79 Å². The molecular weight excluding hydrogens is 240 g/mol. The lowest BCUT2D eigenvalue weighted by atomic mass is 10.1. The lowest BCUT2D eigenvalue weighted by molar-refractivity contribution is -0.120. The van der Waals surface area contributed by atoms with Crippen molar-refractivity contribution in [2.75, 3.05) is 0 Å². The van der Waals surface area contributed by atoms with Crippen LogP contribution in [0.5, 0.6) is 0 Å². The highest BCUT2D eigenvalue weighted by molar-refractivity contribution is 7.80. The molecule has 1 heterocycles. The van der Waals surface area contributed by atoms with Crippen LogP contribution in [0.25, 0.3) is 0 Å². The normalized spacial score (nSPS) is 12.1. The van der Waals surface area contributed by atoms with Gasteiger partial charge in [-0.25, -0.2) is 0 Å². The number of rotatable bonds is 6. The summed E-state index contributed by atoms with van der Waals surface area (Å²) in [5.74, 6) is -0.0235. The van der Waals surface area contributed by atoms with Gasteiger partial charge in [0.05, 0.1) is 17.5 Å². The van der Waals surface area contributed by atoms with E-state index >= 15 is 0 Å². The molecule has 1 aromatic heterocycles. The summed E-state index contributed by atoms with van der Waals surface area (Å²) in [6, 6.07) is 1.77. The smallest absolute Gasteiger partial charge is 0.225 e. The Labute approximate surface area is 105 Å². The molecule has 0 radical (unpaired) electrons. The Morgan fingerprint density at radius 3 is 2.94 bits per heavy atom. The van der Waals surface area contributed by atoms with Crippen molar-refractivity contribution in [1.82, 2.24) is 5.32 Å². The fourth-order valence-electron chi connectivity index (χ4n) is 1.40. The Hall–Kier alpha value is -0.940. The molecule has 0 aliphatic heterocycles. The van der Waals surface area contributed by atoms with E-state index in [1.54, 1.807) is 11.3 Å². The maximum atomic E-state index is 11.7. The second-order valence-electron chi connectivity index (χ2n) is 3.62. The van der Waals surface area contributed by atoms with E-state index in [-0.39, 0.29) is 11.9 Å². The predicted molar refractivity (Wildman–Crippen MR) is 71.6 cm³/mol. The zero-order valence-corrected chi connectivity index (χ0v) is 10.9. The number of thiophene rings is 1. The van der Waals surface area contributed by atoms with Gasteiger partial charge in [0.1, 0.15) is 0 Å². The Morgan fingerprint density at radius 1 is 1.69 bits per heavy atom. The van der Waals surface area contributed by atoms with Gasteiger partial charge in [-0.3, -0.25) is 4.79 Å². The SMILES string of the molecule is CCCC(NC(=O)Cc1ccsc1)C(N)=S. The van der Waals surface area contributed by atoms with Crippen LogP contribution in [0, 0.1) is 0 Å². The summed E-state index contributed by atoms with van der Waals surface area (Å²) >= 11 is 6.50. The van der Waals surface area contributed by atoms with E-state index in [4.69, 9.17) is 18.0 Å². The van der Waals surface area contributed by atoms with Gasteiger partial charge in [0.2, 0.25) is 5.91 Å². The van der Waals surface area contributed by atoms with Gasteiger partial charge in [-0.2, -0.15) is 11.3 Å². The molecule has 1 rings (SSSR count). The summed E-state index contributed by atoms with van der Waals surface area (Å²) in [5.41, 5.74) is 6.59. The van der Waals surface area contributed by atoms with E-state index in [9.17, 15) is 4.79 Å². The standard InChI is InChI=1S/C11H16N2OS2/c1-2-3-9(11(12)15)13-10(14)6-8-4-5-16-7-8/h4-5,7,9H,2-3,6H2,1H3,(H2,12,15)(H,13,14). The van der Waals surface area contributed by atoms with Crippen LogP contribution in [0.4, 0.5) is 0 Å². The van der Waals surface area contributed by atoms with E-state index in [1.807, 2.05) is 23.8 Å². The third-order valence-electron chi connectivity index (χ3n) is 2.20. The quantitative estimate of drug-likeness (QED) is 0.764. The van der Waals surface area contributed by atoms with Gasteiger partial charge < -0.3 is 11.1 Å². The summed E-state index contributed by atoms with van der Waals surface area (Å²) in [7, 11) is 0. The van der Waals surface area contributed by atoms with Gasteiger partial charge in [-0.15, -0.1) is 0 Å². The molecule has 0 aliphatic rings. The molecule has 3 nitrogen and oxygen atoms in total. The summed E-state index contributed by atoms with van der Waals surface area (Å²) in [6.07, 6.45) is 2.14. The summed E-state index contributed by atoms with van der Waals surface area (Å²) < 4.78 is 0. The van der Waals surface area contributed by atoms with Crippen LogP contribution in [0.3, 0.4) is 0 Å². The average molecular weight is 256 g/mol. The first-order valence-corrected chi connectivity index (χ1v) is 6.58. The summed E-state index contributed by atoms with van der Waals surface area (Å²) in [4.78, 5) is 12.0. The van der Waals surface area contributed by atoms with Crippen molar-refractivity contribution in [1.29, 1.82) is 0 Å². The summed E-state index contributed by atoms with van der Waals surface area (Å²) in [6.45, 7) is 2.04. The molecule has 0 fully saturated rings. The monoisotopic (exact) mass is 256 g/mol. The molecule has 0 bridgehead atoms. The highest BCUT2D eigenvalue weighted by atomic mass is 32.1. The number of hydrogen-bond acceptors (Lipinski definition) is 3. The van der Waals surface area contributed by atoms with Gasteiger partial charge >= 0.3 is 0 Å². The van der Waals surface area contributed by atoms with E-state index in [1.165, 1.54) is 0 Å². The number of carbonyl (C=O) groups is 1. The third kappa shape index (κ3) is 4.28. The molecule has 1 unspecified atom stereocenters. The number of carbonyl (C=O) groups excluding carboxylic acids is 1. The highest BCUT2D eigenvalue weighted by Gasteiger charge is 2.14. The lowest BCUT2D eigenvalue weighted by Crippen LogP contribution is -2.43. The molecule has 16 heavy (non-hydrogen) atoms. The van der Waals surface area contributed by atoms with Crippen molar-refractivity contribution in [2.24, 2.45) is 5.73 Å². The van der Waals surface area contributed by atoms with Gasteiger partial charge in [0.25, 0.3) is 0 Å². The molecule has 1 atom stereocenters. The van der Waals surface area contributed by atoms with E-state index in [0.717, 1.165) is 18.4 Å². The fourth-order valence-corrected chi connectivity index (χ4v) is 2.24. The minimum Gasteiger partial charge on any atom is -0.392 e. The van der Waals surface area contributed by atoms with Crippen molar-refractivity contribution in [2.45, 2.75) is 32.2 Å². The highest BCUT2D eigenvalue weighted by Crippen LogP contribution is 2.07. The van der Waals surface area contributed by atoms with Crippen LogP contribution in [0.1, 0.15) is 25.3 Å². The van der Waals surface area contributed by atoms with Crippen molar-refractivity contribution in [3.05, 3.63) is 22.4 Å². The number of amides is 1. The van der Waals surface area contributed by atoms with Crippen LogP contribution in [-0.4, -0.2) is 16.9 Å². The Morgan fingerprint density at radius 2 is 2.44 bits per heavy atom. The maximum Gasteiger partial charge on any atom is 0.225 e. The zero-order chi connectivity index (χ0) is 12.0. The number of nitrogens with two attached hydrogens (primary N) is 1. The molecular formula is C11H16N2OS2. The van der Waals surface area contributed by atoms with Crippen LogP contribution < -0.4 is 11.1 Å². The van der Waals surface area contributed by atoms with E-state index < -0.39 is 0 Å². The van der Waals surface area contributed by atoms with Crippen LogP contribution in [0.2, 0.25) is 0 Å². The largest absolute Gasteiger partial charge is 0.392 e. The van der Waals surface area contributed by atoms with Gasteiger partial charge in [-0.1, -0.05) is 25.6 Å². The Kier molecular flexibility index (Phi) is 5.42. The molecule has 0 spiro atoms. The Balaban J connectivity index is 2.45. The van der Waals surface area contributed by atoms with Gasteiger partial charge in [0, 0.05) is 0 Å². The predicted octanol–water partition coefficient (Wildman–Crippen LogP) is 1.86. The molecule has 5 heteroatoms. The lowest BCUT2D eigenvalue weighted by Gasteiger charge is -2.16. The number of thiocarbonyl (C=S) groups is 1. The minimum atomic E-state index is -0.175. The Bertz CT molecular complexity index is 349. The van der Waals surface area contributed by atoms with Crippen LogP contribution in [0.15, 0.2) is 16.8 Å². The van der Waals surface area contributed by atoms with Crippen LogP contribution >= 0.6 is 23.6 Å². The second-order valence-corrected chi connectivity index (χ2v) is 4.87. The third-order valence-corrected chi connectivity index (χ3v) is 3.22. The van der Waals surface area contributed by atoms with Crippen molar-refractivity contribution in [3.63, 3.8) is 0 Å². The minimum absolute atomic E-state index is 0.0235. The molecule has 0 aromatic carbocycles. The van der Waals surface area contributed by atoms with E-state index in [0.29, 0.717) is 11.4 Å². The van der Waals surface area contributed by atoms with Crippen molar-refractivity contribution >= 4 is 34.5 Å². The maximum absolute atomic E-state index is 11.7. The molecule has 1 amide bonds. The summed E-state index contributed by atoms with van der Waals surface area (Å²) in [5, 5.41) is 6.78. The molecule has 1 aromatic rings. The fraction of sp³-hybridized carbons (Fsp3) is 0.455. The molecule has 0 saturated heterocycles. The number of nitrogens with one attached hydrogen (secondary N) is 1. The molecule has 0 aliphatic carbocycles. The van der Waals surface area contributed by atoms with Crippen molar-refractivity contribution in [3.8, 4) is 0 Å². The van der Waals surface area contributed by atoms with Crippen LogP contribution in [-0.2, 0) is 11.2 Å².